The minimum atomic E-state index is -5.25. The van der Waals surface area contributed by atoms with Gasteiger partial charge in [-0.15, -0.1) is 0 Å². The van der Waals surface area contributed by atoms with Gasteiger partial charge in [0.15, 0.2) is 12.2 Å². The highest BCUT2D eigenvalue weighted by Gasteiger charge is 2.34. The van der Waals surface area contributed by atoms with Crippen LogP contribution in [0.1, 0.15) is 18.4 Å². The molecule has 0 spiro atoms. The summed E-state index contributed by atoms with van der Waals surface area (Å²) in [4.78, 5) is 60.0. The Morgan fingerprint density at radius 3 is 1.90 bits per heavy atom. The van der Waals surface area contributed by atoms with Crippen molar-refractivity contribution >= 4 is 37.8 Å². The molecule has 2 atom stereocenters. The Bertz CT molecular complexity index is 769. The van der Waals surface area contributed by atoms with Gasteiger partial charge in [-0.25, -0.2) is 14.2 Å². The van der Waals surface area contributed by atoms with Crippen molar-refractivity contribution in [2.45, 2.75) is 25.0 Å². The van der Waals surface area contributed by atoms with Gasteiger partial charge in [0.1, 0.15) is 0 Å². The summed E-state index contributed by atoms with van der Waals surface area (Å²) in [5, 5.41) is 25.7. The van der Waals surface area contributed by atoms with Crippen molar-refractivity contribution in [3.63, 3.8) is 0 Å². The summed E-state index contributed by atoms with van der Waals surface area (Å²) in [7, 11) is -5.25. The van der Waals surface area contributed by atoms with Gasteiger partial charge in [0.05, 0.1) is 12.8 Å². The third kappa shape index (κ3) is 13.0. The molecule has 13 heteroatoms. The van der Waals surface area contributed by atoms with Crippen LogP contribution in [0.4, 0.5) is 0 Å². The van der Waals surface area contributed by atoms with E-state index < -0.39 is 56.7 Å². The molecule has 1 aromatic rings. The van der Waals surface area contributed by atoms with Crippen molar-refractivity contribution in [3.05, 3.63) is 42.5 Å². The van der Waals surface area contributed by atoms with E-state index in [0.29, 0.717) is 0 Å². The third-order valence-electron chi connectivity index (χ3n) is 2.76. The average Bonchev–Trinajstić information content (AvgIpc) is 2.60. The quantitative estimate of drug-likeness (QED) is 0.200. The van der Waals surface area contributed by atoms with Crippen LogP contribution in [0, 0.1) is 0 Å². The zero-order valence-electron chi connectivity index (χ0n) is 14.8. The summed E-state index contributed by atoms with van der Waals surface area (Å²) in [5.41, 5.74) is 1.17. The number of phosphoric ester groups is 1. The van der Waals surface area contributed by atoms with E-state index in [9.17, 15) is 23.7 Å². The van der Waals surface area contributed by atoms with Crippen molar-refractivity contribution in [2.75, 3.05) is 0 Å². The normalized spacial score (nSPS) is 12.5. The second kappa shape index (κ2) is 12.5. The van der Waals surface area contributed by atoms with Gasteiger partial charge >= 0.3 is 31.7 Å². The van der Waals surface area contributed by atoms with Gasteiger partial charge in [-0.3, -0.25) is 14.1 Å². The van der Waals surface area contributed by atoms with Gasteiger partial charge in [0, 0.05) is 0 Å². The topological polar surface area (TPSA) is 205 Å². The van der Waals surface area contributed by atoms with Gasteiger partial charge in [-0.05, 0) is 5.56 Å². The number of ether oxygens (including phenoxy) is 1. The van der Waals surface area contributed by atoms with Crippen LogP contribution in [0.5, 0.6) is 0 Å². The molecule has 29 heavy (non-hydrogen) atoms. The van der Waals surface area contributed by atoms with Crippen LogP contribution in [0.15, 0.2) is 36.9 Å². The molecule has 0 aliphatic heterocycles. The molecule has 12 nitrogen and oxygen atoms in total. The number of aliphatic hydroxyl groups is 1. The molecule has 1 rings (SSSR count). The third-order valence-corrected chi connectivity index (χ3v) is 3.29. The van der Waals surface area contributed by atoms with Crippen LogP contribution in [0.25, 0.3) is 6.08 Å². The zero-order valence-corrected chi connectivity index (χ0v) is 15.7. The van der Waals surface area contributed by atoms with Gasteiger partial charge in [-0.2, -0.15) is 0 Å². The van der Waals surface area contributed by atoms with Crippen molar-refractivity contribution in [1.29, 1.82) is 0 Å². The Balaban J connectivity index is 0.000000807. The van der Waals surface area contributed by atoms with Crippen molar-refractivity contribution in [3.8, 4) is 0 Å². The molecule has 0 saturated carbocycles. The molecule has 5 N–H and O–H groups in total. The minimum Gasteiger partial charge on any atom is -0.481 e. The lowest BCUT2D eigenvalue weighted by Gasteiger charge is -2.15. The first-order chi connectivity index (χ1) is 13.4. The van der Waals surface area contributed by atoms with Crippen molar-refractivity contribution < 1.29 is 58.1 Å². The van der Waals surface area contributed by atoms with Crippen molar-refractivity contribution in [1.82, 2.24) is 0 Å². The molecule has 0 bridgehead atoms. The molecule has 0 heterocycles. The molecule has 0 radical (unpaired) electrons. The number of carboxylic acids is 2. The SMILES string of the molecule is C=Cc1ccccc1.O=C(O)CC(O)C(=O)OC(=O)C(CC(=O)O)OP(=O)(O)O. The van der Waals surface area contributed by atoms with E-state index in [1.165, 1.54) is 5.56 Å². The van der Waals surface area contributed by atoms with E-state index in [2.05, 4.69) is 15.8 Å². The molecular weight excluding hydrogens is 415 g/mol. The van der Waals surface area contributed by atoms with E-state index in [1.807, 2.05) is 36.4 Å². The summed E-state index contributed by atoms with van der Waals surface area (Å²) in [6.45, 7) is 3.63. The second-order valence-electron chi connectivity index (χ2n) is 5.15. The Hall–Kier alpha value is -2.89. The highest BCUT2D eigenvalue weighted by atomic mass is 31.2. The van der Waals surface area contributed by atoms with E-state index in [0.717, 1.165) is 0 Å². The highest BCUT2D eigenvalue weighted by Crippen LogP contribution is 2.38. The molecule has 2 unspecified atom stereocenters. The molecule has 0 aliphatic carbocycles. The first-order valence-electron chi connectivity index (χ1n) is 7.64. The zero-order chi connectivity index (χ0) is 22.6. The molecule has 0 saturated heterocycles. The van der Waals surface area contributed by atoms with E-state index in [4.69, 9.17) is 25.1 Å². The number of carbonyl (C=O) groups excluding carboxylic acids is 2. The molecule has 160 valence electrons. The minimum absolute atomic E-state index is 1.09. The summed E-state index contributed by atoms with van der Waals surface area (Å²) in [5.74, 6) is -6.80. The molecule has 0 fully saturated rings. The Labute approximate surface area is 164 Å². The number of hydrogen-bond donors (Lipinski definition) is 5. The number of rotatable bonds is 9. The number of phosphoric acid groups is 1. The number of esters is 2. The van der Waals surface area contributed by atoms with Gasteiger partial charge in [0.25, 0.3) is 0 Å². The molecular formula is C16H19O12P. The maximum atomic E-state index is 11.3. The molecule has 1 aromatic carbocycles. The predicted molar refractivity (Wildman–Crippen MR) is 95.1 cm³/mol. The summed E-state index contributed by atoms with van der Waals surface area (Å²) < 4.78 is 18.3. The lowest BCUT2D eigenvalue weighted by atomic mass is 10.2. The Kier molecular flexibility index (Phi) is 11.3. The maximum absolute atomic E-state index is 11.3. The van der Waals surface area contributed by atoms with E-state index in [-0.39, 0.29) is 0 Å². The molecule has 0 aliphatic rings. The fraction of sp³-hybridized carbons (Fsp3) is 0.250. The van der Waals surface area contributed by atoms with Gasteiger partial charge in [0.2, 0.25) is 0 Å². The maximum Gasteiger partial charge on any atom is 0.470 e. The van der Waals surface area contributed by atoms with Crippen LogP contribution in [0.2, 0.25) is 0 Å². The summed E-state index contributed by atoms with van der Waals surface area (Å²) in [6.07, 6.45) is -5.02. The second-order valence-corrected chi connectivity index (χ2v) is 6.34. The summed E-state index contributed by atoms with van der Waals surface area (Å²) >= 11 is 0. The first kappa shape index (κ1) is 26.1. The van der Waals surface area contributed by atoms with Gasteiger partial charge < -0.3 is 29.8 Å². The smallest absolute Gasteiger partial charge is 0.470 e. The molecule has 0 amide bonds. The van der Waals surface area contributed by atoms with Crippen LogP contribution in [-0.4, -0.2) is 61.2 Å². The van der Waals surface area contributed by atoms with Crippen LogP contribution >= 0.6 is 7.82 Å². The van der Waals surface area contributed by atoms with Crippen LogP contribution in [0.3, 0.4) is 0 Å². The summed E-state index contributed by atoms with van der Waals surface area (Å²) in [6, 6.07) is 10.0. The molecule has 0 aromatic heterocycles. The first-order valence-corrected chi connectivity index (χ1v) is 9.17. The Morgan fingerprint density at radius 1 is 1.00 bits per heavy atom. The number of carboxylic acid groups (broad SMARTS) is 2. The Morgan fingerprint density at radius 2 is 1.52 bits per heavy atom. The van der Waals surface area contributed by atoms with Crippen LogP contribution in [-0.2, 0) is 33.0 Å². The van der Waals surface area contributed by atoms with E-state index in [1.54, 1.807) is 0 Å². The average molecular weight is 434 g/mol. The number of hydrogen-bond acceptors (Lipinski definition) is 8. The predicted octanol–water partition coefficient (Wildman–Crippen LogP) is 0.174. The number of carbonyl (C=O) groups is 4. The monoisotopic (exact) mass is 434 g/mol. The fourth-order valence-electron chi connectivity index (χ4n) is 1.56. The van der Waals surface area contributed by atoms with Crippen molar-refractivity contribution in [2.24, 2.45) is 0 Å². The lowest BCUT2D eigenvalue weighted by molar-refractivity contribution is -0.174. The van der Waals surface area contributed by atoms with E-state index >= 15 is 0 Å². The number of benzene rings is 1. The standard InChI is InChI=1S/C8H11O12P.C8H8/c9-3(1-5(10)11)7(14)19-8(15)4(2-6(12)13)20-21(16,17)18;1-2-8-6-4-3-5-7-8/h3-4,9H,1-2H2,(H,10,11)(H,12,13)(H2,16,17,18);2-7H,1H2. The van der Waals surface area contributed by atoms with Crippen LogP contribution < -0.4 is 0 Å². The number of aliphatic hydroxyl groups excluding tert-OH is 1. The number of aliphatic carboxylic acids is 2. The lowest BCUT2D eigenvalue weighted by Crippen LogP contribution is -2.34. The fourth-order valence-corrected chi connectivity index (χ4v) is 2.05. The highest BCUT2D eigenvalue weighted by molar-refractivity contribution is 7.46. The van der Waals surface area contributed by atoms with Gasteiger partial charge in [-0.1, -0.05) is 43.0 Å². The largest absolute Gasteiger partial charge is 0.481 e.